The van der Waals surface area contributed by atoms with Gasteiger partial charge in [0.1, 0.15) is 0 Å². The van der Waals surface area contributed by atoms with Crippen molar-refractivity contribution in [1.82, 2.24) is 10.2 Å². The molecule has 12 heavy (non-hydrogen) atoms. The van der Waals surface area contributed by atoms with Gasteiger partial charge in [-0.15, -0.1) is 0 Å². The monoisotopic (exact) mass is 170 g/mol. The third kappa shape index (κ3) is 1.78. The van der Waals surface area contributed by atoms with Crippen LogP contribution >= 0.6 is 0 Å². The second-order valence-corrected chi connectivity index (χ2v) is 3.33. The average molecular weight is 170 g/mol. The summed E-state index contributed by atoms with van der Waals surface area (Å²) in [6.45, 7) is 2.85. The molecule has 0 aromatic heterocycles. The highest BCUT2D eigenvalue weighted by atomic mass is 16.1. The van der Waals surface area contributed by atoms with Gasteiger partial charge in [0.05, 0.1) is 0 Å². The lowest BCUT2D eigenvalue weighted by Gasteiger charge is -2.28. The highest BCUT2D eigenvalue weighted by Gasteiger charge is 2.29. The number of carbonyl (C=O) groups excluding carboxylic acids is 1. The van der Waals surface area contributed by atoms with Crippen molar-refractivity contribution in [3.8, 4) is 0 Å². The zero-order valence-electron chi connectivity index (χ0n) is 7.92. The number of nitrogens with zero attached hydrogens (tertiary/aromatic N) is 1. The van der Waals surface area contributed by atoms with E-state index in [1.165, 1.54) is 12.8 Å². The summed E-state index contributed by atoms with van der Waals surface area (Å²) in [5.74, 6) is 0. The highest BCUT2D eigenvalue weighted by molar-refractivity contribution is 5.48. The number of hydrogen-bond donors (Lipinski definition) is 1. The minimum Gasteiger partial charge on any atom is -0.341 e. The summed E-state index contributed by atoms with van der Waals surface area (Å²) in [7, 11) is 1.97. The van der Waals surface area contributed by atoms with E-state index in [4.69, 9.17) is 0 Å². The molecule has 1 N–H and O–H groups in total. The molecule has 0 radical (unpaired) electrons. The quantitative estimate of drug-likeness (QED) is 0.627. The Bertz CT molecular complexity index is 149. The van der Waals surface area contributed by atoms with E-state index in [1.807, 2.05) is 18.9 Å². The van der Waals surface area contributed by atoms with Gasteiger partial charge in [-0.25, -0.2) is 0 Å². The van der Waals surface area contributed by atoms with Gasteiger partial charge in [-0.1, -0.05) is 0 Å². The summed E-state index contributed by atoms with van der Waals surface area (Å²) >= 11 is 0. The lowest BCUT2D eigenvalue weighted by Crippen LogP contribution is -2.45. The predicted octanol–water partition coefficient (Wildman–Crippen LogP) is 0.605. The summed E-state index contributed by atoms with van der Waals surface area (Å²) in [5, 5.41) is 3.26. The molecular formula is C9H18N2O. The number of rotatable bonds is 4. The van der Waals surface area contributed by atoms with E-state index in [0.29, 0.717) is 12.1 Å². The molecule has 1 fully saturated rings. The van der Waals surface area contributed by atoms with Gasteiger partial charge in [0.15, 0.2) is 0 Å². The molecule has 2 atom stereocenters. The molecule has 0 aromatic carbocycles. The van der Waals surface area contributed by atoms with E-state index in [9.17, 15) is 4.79 Å². The van der Waals surface area contributed by atoms with Gasteiger partial charge in [-0.05, 0) is 33.2 Å². The van der Waals surface area contributed by atoms with E-state index < -0.39 is 0 Å². The molecule has 1 aliphatic carbocycles. The zero-order chi connectivity index (χ0) is 8.97. The maximum absolute atomic E-state index is 10.7. The fourth-order valence-electron chi connectivity index (χ4n) is 2.06. The maximum Gasteiger partial charge on any atom is 0.209 e. The van der Waals surface area contributed by atoms with Crippen molar-refractivity contribution in [3.05, 3.63) is 0 Å². The van der Waals surface area contributed by atoms with E-state index in [2.05, 4.69) is 5.32 Å². The molecule has 0 heterocycles. The Morgan fingerprint density at radius 3 is 2.83 bits per heavy atom. The molecule has 1 amide bonds. The van der Waals surface area contributed by atoms with Gasteiger partial charge in [0.25, 0.3) is 0 Å². The Kier molecular flexibility index (Phi) is 3.53. The number of likely N-dealkylation sites (N-methyl/N-ethyl adjacent to an activating group) is 2. The summed E-state index contributed by atoms with van der Waals surface area (Å²) in [6, 6.07) is 0.938. The van der Waals surface area contributed by atoms with Crippen LogP contribution in [0.4, 0.5) is 0 Å². The van der Waals surface area contributed by atoms with Crippen LogP contribution < -0.4 is 5.32 Å². The Balaban J connectivity index is 2.52. The molecule has 1 aliphatic rings. The molecule has 0 spiro atoms. The first-order valence-corrected chi connectivity index (χ1v) is 4.71. The van der Waals surface area contributed by atoms with Crippen molar-refractivity contribution in [2.45, 2.75) is 38.3 Å². The van der Waals surface area contributed by atoms with E-state index in [1.54, 1.807) is 0 Å². The Morgan fingerprint density at radius 2 is 2.33 bits per heavy atom. The van der Waals surface area contributed by atoms with Crippen LogP contribution in [-0.2, 0) is 4.79 Å². The summed E-state index contributed by atoms with van der Waals surface area (Å²) in [4.78, 5) is 12.6. The predicted molar refractivity (Wildman–Crippen MR) is 48.9 cm³/mol. The van der Waals surface area contributed by atoms with Crippen LogP contribution in [0.5, 0.6) is 0 Å². The first-order valence-electron chi connectivity index (χ1n) is 4.71. The summed E-state index contributed by atoms with van der Waals surface area (Å²) in [5.41, 5.74) is 0. The molecule has 1 rings (SSSR count). The van der Waals surface area contributed by atoms with Crippen LogP contribution in [0.15, 0.2) is 0 Å². The first kappa shape index (κ1) is 9.52. The van der Waals surface area contributed by atoms with Crippen LogP contribution in [0, 0.1) is 0 Å². The van der Waals surface area contributed by atoms with Gasteiger partial charge in [0, 0.05) is 18.6 Å². The average Bonchev–Trinajstić information content (AvgIpc) is 2.55. The Morgan fingerprint density at radius 1 is 1.58 bits per heavy atom. The SMILES string of the molecule is CCN(C=O)C1CCCC1NC. The largest absolute Gasteiger partial charge is 0.341 e. The van der Waals surface area contributed by atoms with Crippen molar-refractivity contribution >= 4 is 6.41 Å². The topological polar surface area (TPSA) is 32.3 Å². The standard InChI is InChI=1S/C9H18N2O/c1-3-11(7-12)9-6-4-5-8(9)10-2/h7-10H,3-6H2,1-2H3. The van der Waals surface area contributed by atoms with Gasteiger partial charge >= 0.3 is 0 Å². The van der Waals surface area contributed by atoms with Crippen LogP contribution in [0.2, 0.25) is 0 Å². The van der Waals surface area contributed by atoms with Crippen LogP contribution in [-0.4, -0.2) is 37.0 Å². The fraction of sp³-hybridized carbons (Fsp3) is 0.889. The van der Waals surface area contributed by atoms with Crippen molar-refractivity contribution < 1.29 is 4.79 Å². The van der Waals surface area contributed by atoms with Gasteiger partial charge in [-0.3, -0.25) is 4.79 Å². The molecule has 3 nitrogen and oxygen atoms in total. The van der Waals surface area contributed by atoms with Gasteiger partial charge < -0.3 is 10.2 Å². The number of hydrogen-bond acceptors (Lipinski definition) is 2. The van der Waals surface area contributed by atoms with Crippen LogP contribution in [0.25, 0.3) is 0 Å². The van der Waals surface area contributed by atoms with Crippen molar-refractivity contribution in [1.29, 1.82) is 0 Å². The number of nitrogens with one attached hydrogen (secondary N) is 1. The second-order valence-electron chi connectivity index (χ2n) is 3.33. The molecule has 70 valence electrons. The van der Waals surface area contributed by atoms with Crippen molar-refractivity contribution in [2.75, 3.05) is 13.6 Å². The van der Waals surface area contributed by atoms with Crippen LogP contribution in [0.1, 0.15) is 26.2 Å². The fourth-order valence-corrected chi connectivity index (χ4v) is 2.06. The first-order chi connectivity index (χ1) is 5.83. The molecule has 3 heteroatoms. The Labute approximate surface area is 74.1 Å². The van der Waals surface area contributed by atoms with Gasteiger partial charge in [-0.2, -0.15) is 0 Å². The molecule has 0 bridgehead atoms. The summed E-state index contributed by atoms with van der Waals surface area (Å²) < 4.78 is 0. The summed E-state index contributed by atoms with van der Waals surface area (Å²) in [6.07, 6.45) is 4.56. The minimum absolute atomic E-state index is 0.428. The molecule has 0 aromatic rings. The highest BCUT2D eigenvalue weighted by Crippen LogP contribution is 2.22. The second kappa shape index (κ2) is 4.45. The zero-order valence-corrected chi connectivity index (χ0v) is 7.92. The molecule has 0 saturated heterocycles. The lowest BCUT2D eigenvalue weighted by atomic mass is 10.1. The van der Waals surface area contributed by atoms with E-state index >= 15 is 0 Å². The maximum atomic E-state index is 10.7. The lowest BCUT2D eigenvalue weighted by molar-refractivity contribution is -0.120. The molecule has 2 unspecified atom stereocenters. The third-order valence-corrected chi connectivity index (χ3v) is 2.78. The van der Waals surface area contributed by atoms with E-state index in [-0.39, 0.29) is 0 Å². The van der Waals surface area contributed by atoms with Crippen molar-refractivity contribution in [2.24, 2.45) is 0 Å². The number of carbonyl (C=O) groups is 1. The van der Waals surface area contributed by atoms with Gasteiger partial charge in [0.2, 0.25) is 6.41 Å². The smallest absolute Gasteiger partial charge is 0.209 e. The third-order valence-electron chi connectivity index (χ3n) is 2.78. The minimum atomic E-state index is 0.428. The Hall–Kier alpha value is -0.570. The van der Waals surface area contributed by atoms with Crippen LogP contribution in [0.3, 0.4) is 0 Å². The molecule has 0 aliphatic heterocycles. The molecular weight excluding hydrogens is 152 g/mol. The van der Waals surface area contributed by atoms with Crippen molar-refractivity contribution in [3.63, 3.8) is 0 Å². The number of amides is 1. The molecule has 1 saturated carbocycles. The van der Waals surface area contributed by atoms with E-state index in [0.717, 1.165) is 19.4 Å². The normalized spacial score (nSPS) is 28.8.